The van der Waals surface area contributed by atoms with Crippen molar-refractivity contribution in [1.29, 1.82) is 0 Å². The van der Waals surface area contributed by atoms with Crippen LogP contribution < -0.4 is 10.0 Å². The minimum atomic E-state index is -3.37. The summed E-state index contributed by atoms with van der Waals surface area (Å²) in [7, 11) is -1.51. The first kappa shape index (κ1) is 16.3. The third-order valence-corrected chi connectivity index (χ3v) is 8.41. The summed E-state index contributed by atoms with van der Waals surface area (Å²) < 4.78 is 28.1. The van der Waals surface area contributed by atoms with Gasteiger partial charge in [-0.15, -0.1) is 11.3 Å². The minimum absolute atomic E-state index is 0.118. The highest BCUT2D eigenvalue weighted by atomic mass is 32.2. The molecule has 1 aliphatic carbocycles. The molecule has 1 aliphatic rings. The van der Waals surface area contributed by atoms with Gasteiger partial charge in [0.1, 0.15) is 4.21 Å². The van der Waals surface area contributed by atoms with Gasteiger partial charge < -0.3 is 5.32 Å². The summed E-state index contributed by atoms with van der Waals surface area (Å²) in [4.78, 5) is 1.08. The van der Waals surface area contributed by atoms with E-state index in [9.17, 15) is 8.42 Å². The molecule has 0 unspecified atom stereocenters. The Balaban J connectivity index is 2.08. The molecule has 0 bridgehead atoms. The van der Waals surface area contributed by atoms with E-state index < -0.39 is 10.0 Å². The highest BCUT2D eigenvalue weighted by molar-refractivity contribution is 8.00. The SMILES string of the molecule is CNCc1sc(S(=O)(=O)NCC2(SC)CCC2)cc1C. The topological polar surface area (TPSA) is 58.2 Å². The van der Waals surface area contributed by atoms with Gasteiger partial charge in [0.15, 0.2) is 0 Å². The molecule has 2 N–H and O–H groups in total. The molecular formula is C13H22N2O2S3. The molecule has 1 fully saturated rings. The summed E-state index contributed by atoms with van der Waals surface area (Å²) in [5, 5.41) is 3.07. The summed E-state index contributed by atoms with van der Waals surface area (Å²) in [5.74, 6) is 0. The maximum Gasteiger partial charge on any atom is 0.250 e. The number of aryl methyl sites for hydroxylation is 1. The predicted molar refractivity (Wildman–Crippen MR) is 87.1 cm³/mol. The van der Waals surface area contributed by atoms with Crippen LogP contribution in [0, 0.1) is 6.92 Å². The highest BCUT2D eigenvalue weighted by Gasteiger charge is 2.37. The summed E-state index contributed by atoms with van der Waals surface area (Å²) in [6.07, 6.45) is 5.47. The number of nitrogens with one attached hydrogen (secondary N) is 2. The van der Waals surface area contributed by atoms with Gasteiger partial charge in [0.25, 0.3) is 0 Å². The van der Waals surface area contributed by atoms with Gasteiger partial charge in [-0.2, -0.15) is 11.8 Å². The fourth-order valence-corrected chi connectivity index (χ4v) is 6.06. The molecule has 0 saturated heterocycles. The van der Waals surface area contributed by atoms with Gasteiger partial charge >= 0.3 is 0 Å². The van der Waals surface area contributed by atoms with Crippen molar-refractivity contribution in [3.05, 3.63) is 16.5 Å². The Hall–Kier alpha value is -0.0800. The van der Waals surface area contributed by atoms with Crippen molar-refractivity contribution in [3.8, 4) is 0 Å². The summed E-state index contributed by atoms with van der Waals surface area (Å²) >= 11 is 3.13. The Morgan fingerprint density at radius 3 is 2.65 bits per heavy atom. The van der Waals surface area contributed by atoms with Crippen LogP contribution in [0.2, 0.25) is 0 Å². The molecule has 0 atom stereocenters. The zero-order valence-electron chi connectivity index (χ0n) is 12.2. The number of hydrogen-bond acceptors (Lipinski definition) is 5. The van der Waals surface area contributed by atoms with E-state index in [2.05, 4.69) is 16.3 Å². The van der Waals surface area contributed by atoms with Gasteiger partial charge in [-0.1, -0.05) is 6.42 Å². The van der Waals surface area contributed by atoms with Crippen LogP contribution in [0.3, 0.4) is 0 Å². The summed E-state index contributed by atoms with van der Waals surface area (Å²) in [6.45, 7) is 3.20. The minimum Gasteiger partial charge on any atom is -0.315 e. The number of sulfonamides is 1. The molecule has 1 aromatic heterocycles. The first-order valence-corrected chi connectivity index (χ1v) is 10.2. The van der Waals surface area contributed by atoms with Crippen LogP contribution in [-0.2, 0) is 16.6 Å². The molecule has 7 heteroatoms. The Morgan fingerprint density at radius 1 is 1.45 bits per heavy atom. The first-order chi connectivity index (χ1) is 9.42. The van der Waals surface area contributed by atoms with Gasteiger partial charge in [0.2, 0.25) is 10.0 Å². The lowest BCUT2D eigenvalue weighted by atomic mass is 9.84. The second-order valence-electron chi connectivity index (χ2n) is 5.27. The number of rotatable bonds is 7. The molecule has 4 nitrogen and oxygen atoms in total. The van der Waals surface area contributed by atoms with Crippen molar-refractivity contribution >= 4 is 33.1 Å². The Kier molecular flexibility index (Phi) is 5.18. The molecule has 2 rings (SSSR count). The molecule has 114 valence electrons. The molecule has 0 radical (unpaired) electrons. The third-order valence-electron chi connectivity index (χ3n) is 3.88. The Labute approximate surface area is 129 Å². The molecule has 1 saturated carbocycles. The normalized spacial score (nSPS) is 17.9. The molecule has 20 heavy (non-hydrogen) atoms. The first-order valence-electron chi connectivity index (χ1n) is 6.71. The molecule has 0 aromatic carbocycles. The fraction of sp³-hybridized carbons (Fsp3) is 0.692. The van der Waals surface area contributed by atoms with E-state index in [1.807, 2.05) is 14.0 Å². The summed E-state index contributed by atoms with van der Waals surface area (Å²) in [6, 6.07) is 1.77. The molecule has 0 aliphatic heterocycles. The van der Waals surface area contributed by atoms with Gasteiger partial charge in [-0.3, -0.25) is 0 Å². The Morgan fingerprint density at radius 2 is 2.15 bits per heavy atom. The van der Waals surface area contributed by atoms with Crippen LogP contribution >= 0.6 is 23.1 Å². The van der Waals surface area contributed by atoms with Crippen LogP contribution in [0.1, 0.15) is 29.7 Å². The Bertz CT molecular complexity index is 557. The fourth-order valence-electron chi connectivity index (χ4n) is 2.28. The molecule has 1 heterocycles. The zero-order chi connectivity index (χ0) is 14.8. The van der Waals surface area contributed by atoms with Crippen molar-refractivity contribution in [3.63, 3.8) is 0 Å². The lowest BCUT2D eigenvalue weighted by Crippen LogP contribution is -2.45. The van der Waals surface area contributed by atoms with Crippen molar-refractivity contribution < 1.29 is 8.42 Å². The van der Waals surface area contributed by atoms with Crippen LogP contribution in [0.4, 0.5) is 0 Å². The van der Waals surface area contributed by atoms with Gasteiger partial charge in [0.05, 0.1) is 0 Å². The monoisotopic (exact) mass is 334 g/mol. The van der Waals surface area contributed by atoms with E-state index >= 15 is 0 Å². The van der Waals surface area contributed by atoms with E-state index in [4.69, 9.17) is 0 Å². The van der Waals surface area contributed by atoms with Crippen molar-refractivity contribution in [2.45, 2.75) is 41.7 Å². The largest absolute Gasteiger partial charge is 0.315 e. The van der Waals surface area contributed by atoms with E-state index in [1.165, 1.54) is 17.8 Å². The van der Waals surface area contributed by atoms with Crippen LogP contribution in [0.15, 0.2) is 10.3 Å². The van der Waals surface area contributed by atoms with Crippen molar-refractivity contribution in [1.82, 2.24) is 10.0 Å². The summed E-state index contributed by atoms with van der Waals surface area (Å²) in [5.41, 5.74) is 1.04. The zero-order valence-corrected chi connectivity index (χ0v) is 14.6. The van der Waals surface area contributed by atoms with E-state index in [0.717, 1.165) is 23.3 Å². The average molecular weight is 335 g/mol. The van der Waals surface area contributed by atoms with Gasteiger partial charge in [0, 0.05) is 22.7 Å². The predicted octanol–water partition coefficient (Wildman–Crippen LogP) is 2.34. The molecule has 0 amide bonds. The van der Waals surface area contributed by atoms with E-state index in [-0.39, 0.29) is 4.75 Å². The maximum absolute atomic E-state index is 12.4. The van der Waals surface area contributed by atoms with Crippen molar-refractivity contribution in [2.75, 3.05) is 19.8 Å². The lowest BCUT2D eigenvalue weighted by molar-refractivity contribution is 0.362. The standard InChI is InChI=1S/C13H22N2O2S3/c1-10-7-12(19-11(10)8-14-2)20(16,17)15-9-13(18-3)5-4-6-13/h7,14-15H,4-6,8-9H2,1-3H3. The lowest BCUT2D eigenvalue weighted by Gasteiger charge is -2.40. The number of thiophene rings is 1. The second-order valence-corrected chi connectivity index (χ2v) is 9.67. The third kappa shape index (κ3) is 3.39. The van der Waals surface area contributed by atoms with E-state index in [1.54, 1.807) is 17.8 Å². The molecule has 1 aromatic rings. The number of hydrogen-bond donors (Lipinski definition) is 2. The van der Waals surface area contributed by atoms with Crippen LogP contribution in [-0.4, -0.2) is 33.0 Å². The average Bonchev–Trinajstić information content (AvgIpc) is 2.72. The van der Waals surface area contributed by atoms with Crippen LogP contribution in [0.5, 0.6) is 0 Å². The second kappa shape index (κ2) is 6.36. The number of thioether (sulfide) groups is 1. The molecule has 0 spiro atoms. The highest BCUT2D eigenvalue weighted by Crippen LogP contribution is 2.42. The van der Waals surface area contributed by atoms with Crippen LogP contribution in [0.25, 0.3) is 0 Å². The quantitative estimate of drug-likeness (QED) is 0.803. The molecular weight excluding hydrogens is 312 g/mol. The van der Waals surface area contributed by atoms with Gasteiger partial charge in [-0.25, -0.2) is 13.1 Å². The maximum atomic E-state index is 12.4. The van der Waals surface area contributed by atoms with Gasteiger partial charge in [-0.05, 0) is 44.7 Å². The van der Waals surface area contributed by atoms with Crippen molar-refractivity contribution in [2.24, 2.45) is 0 Å². The van der Waals surface area contributed by atoms with E-state index in [0.29, 0.717) is 17.3 Å². The smallest absolute Gasteiger partial charge is 0.250 e.